The van der Waals surface area contributed by atoms with Crippen LogP contribution in [0.2, 0.25) is 0 Å². The summed E-state index contributed by atoms with van der Waals surface area (Å²) in [6, 6.07) is -0.516. The van der Waals surface area contributed by atoms with E-state index in [0.717, 1.165) is 19.3 Å². The maximum atomic E-state index is 12.0. The lowest BCUT2D eigenvalue weighted by Gasteiger charge is -2.42. The van der Waals surface area contributed by atoms with Crippen molar-refractivity contribution in [2.24, 2.45) is 23.7 Å². The number of ketones is 1. The third-order valence-corrected chi connectivity index (χ3v) is 4.35. The summed E-state index contributed by atoms with van der Waals surface area (Å²) in [5.74, 6) is 0.0307. The molecule has 4 unspecified atom stereocenters. The third-order valence-electron chi connectivity index (χ3n) is 4.35. The van der Waals surface area contributed by atoms with Crippen molar-refractivity contribution >= 4 is 5.78 Å². The minimum absolute atomic E-state index is 0.0460. The van der Waals surface area contributed by atoms with Crippen LogP contribution in [0, 0.1) is 33.8 Å². The van der Waals surface area contributed by atoms with Crippen LogP contribution in [0.1, 0.15) is 33.1 Å². The molecule has 4 nitrogen and oxygen atoms in total. The Hall–Kier alpha value is -0.930. The Morgan fingerprint density at radius 1 is 1.20 bits per heavy atom. The first kappa shape index (κ1) is 10.6. The van der Waals surface area contributed by atoms with Gasteiger partial charge in [-0.15, -0.1) is 0 Å². The molecule has 0 aromatic carbocycles. The molecule has 2 rings (SSSR count). The van der Waals surface area contributed by atoms with Crippen LogP contribution in [0.3, 0.4) is 0 Å². The normalized spacial score (nSPS) is 45.2. The molecule has 0 aromatic heterocycles. The SMILES string of the molecule is CC1C2CCCC(C2=O)C(C)C1[N+](=O)[O-]. The van der Waals surface area contributed by atoms with E-state index in [1.54, 1.807) is 0 Å². The summed E-state index contributed by atoms with van der Waals surface area (Å²) < 4.78 is 0. The first-order valence-corrected chi connectivity index (χ1v) is 5.71. The summed E-state index contributed by atoms with van der Waals surface area (Å²) in [6.07, 6.45) is 2.77. The first-order chi connectivity index (χ1) is 7.04. The molecule has 15 heavy (non-hydrogen) atoms. The fourth-order valence-corrected chi connectivity index (χ4v) is 3.50. The topological polar surface area (TPSA) is 60.2 Å². The third kappa shape index (κ3) is 1.46. The molecular weight excluding hydrogens is 194 g/mol. The maximum absolute atomic E-state index is 12.0. The predicted molar refractivity (Wildman–Crippen MR) is 54.9 cm³/mol. The van der Waals surface area contributed by atoms with Crippen LogP contribution in [0.25, 0.3) is 0 Å². The molecule has 0 heterocycles. The molecule has 2 aliphatic carbocycles. The highest BCUT2D eigenvalue weighted by atomic mass is 16.6. The molecular formula is C11H17NO3. The molecule has 2 fully saturated rings. The number of Topliss-reactive ketones (excluding diaryl/α,β-unsaturated/α-hetero) is 1. The molecule has 0 amide bonds. The molecule has 0 N–H and O–H groups in total. The van der Waals surface area contributed by atoms with E-state index in [-0.39, 0.29) is 28.6 Å². The van der Waals surface area contributed by atoms with Crippen molar-refractivity contribution < 1.29 is 9.72 Å². The number of carbonyl (C=O) groups excluding carboxylic acids is 1. The monoisotopic (exact) mass is 211 g/mol. The lowest BCUT2D eigenvalue weighted by Crippen LogP contribution is -2.53. The molecule has 4 atom stereocenters. The van der Waals surface area contributed by atoms with Gasteiger partial charge in [-0.05, 0) is 12.8 Å². The summed E-state index contributed by atoms with van der Waals surface area (Å²) in [5, 5.41) is 11.0. The second-order valence-corrected chi connectivity index (χ2v) is 5.04. The van der Waals surface area contributed by atoms with E-state index in [1.165, 1.54) is 0 Å². The Balaban J connectivity index is 2.31. The van der Waals surface area contributed by atoms with E-state index < -0.39 is 6.04 Å². The van der Waals surface area contributed by atoms with Gasteiger partial charge in [-0.3, -0.25) is 14.9 Å². The molecule has 0 spiro atoms. The summed E-state index contributed by atoms with van der Waals surface area (Å²) >= 11 is 0. The van der Waals surface area contributed by atoms with Gasteiger partial charge in [0.25, 0.3) is 0 Å². The molecule has 0 radical (unpaired) electrons. The zero-order valence-electron chi connectivity index (χ0n) is 9.18. The molecule has 2 bridgehead atoms. The number of nitrogens with zero attached hydrogens (tertiary/aromatic N) is 1. The zero-order valence-corrected chi connectivity index (χ0v) is 9.18. The molecule has 84 valence electrons. The van der Waals surface area contributed by atoms with Crippen molar-refractivity contribution in [3.63, 3.8) is 0 Å². The summed E-state index contributed by atoms with van der Waals surface area (Å²) in [4.78, 5) is 22.8. The number of fused-ring (bicyclic) bond motifs is 2. The molecule has 2 saturated carbocycles. The van der Waals surface area contributed by atoms with Gasteiger partial charge in [0, 0.05) is 28.6 Å². The molecule has 4 heteroatoms. The standard InChI is InChI=1S/C11H17NO3/c1-6-8-4-3-5-9(11(8)13)7(2)10(6)12(14)15/h6-10H,3-5H2,1-2H3. The van der Waals surface area contributed by atoms with E-state index in [1.807, 2.05) is 13.8 Å². The van der Waals surface area contributed by atoms with Gasteiger partial charge in [0.2, 0.25) is 6.04 Å². The number of rotatable bonds is 1. The Labute approximate surface area is 89.2 Å². The Kier molecular flexibility index (Phi) is 2.52. The predicted octanol–water partition coefficient (Wildman–Crippen LogP) is 1.90. The van der Waals surface area contributed by atoms with Crippen LogP contribution in [-0.4, -0.2) is 16.7 Å². The van der Waals surface area contributed by atoms with Gasteiger partial charge in [-0.1, -0.05) is 20.3 Å². The highest BCUT2D eigenvalue weighted by Crippen LogP contribution is 2.44. The van der Waals surface area contributed by atoms with Gasteiger partial charge >= 0.3 is 0 Å². The highest BCUT2D eigenvalue weighted by Gasteiger charge is 2.53. The van der Waals surface area contributed by atoms with Crippen molar-refractivity contribution in [3.8, 4) is 0 Å². The van der Waals surface area contributed by atoms with Crippen molar-refractivity contribution in [1.29, 1.82) is 0 Å². The summed E-state index contributed by atoms with van der Waals surface area (Å²) in [7, 11) is 0. The zero-order chi connectivity index (χ0) is 11.2. The average molecular weight is 211 g/mol. The molecule has 0 saturated heterocycles. The lowest BCUT2D eigenvalue weighted by atomic mass is 9.60. The fraction of sp³-hybridized carbons (Fsp3) is 0.909. The Bertz CT molecular complexity index is 282. The molecule has 0 aromatic rings. The van der Waals surface area contributed by atoms with Crippen LogP contribution in [0.5, 0.6) is 0 Å². The van der Waals surface area contributed by atoms with E-state index in [4.69, 9.17) is 0 Å². The average Bonchev–Trinajstić information content (AvgIpc) is 2.14. The van der Waals surface area contributed by atoms with Gasteiger partial charge in [0.05, 0.1) is 0 Å². The summed E-state index contributed by atoms with van der Waals surface area (Å²) in [5.41, 5.74) is 0. The number of hydrogen-bond acceptors (Lipinski definition) is 3. The van der Waals surface area contributed by atoms with Gasteiger partial charge in [0.15, 0.2) is 0 Å². The highest BCUT2D eigenvalue weighted by molar-refractivity contribution is 5.85. The van der Waals surface area contributed by atoms with Gasteiger partial charge < -0.3 is 0 Å². The molecule has 2 aliphatic rings. The lowest BCUT2D eigenvalue weighted by molar-refractivity contribution is -0.546. The number of carbonyl (C=O) groups is 1. The van der Waals surface area contributed by atoms with E-state index >= 15 is 0 Å². The van der Waals surface area contributed by atoms with E-state index in [2.05, 4.69) is 0 Å². The quantitative estimate of drug-likeness (QED) is 0.491. The van der Waals surface area contributed by atoms with Crippen molar-refractivity contribution in [2.75, 3.05) is 0 Å². The van der Waals surface area contributed by atoms with Crippen LogP contribution in [-0.2, 0) is 4.79 Å². The Morgan fingerprint density at radius 2 is 1.67 bits per heavy atom. The van der Waals surface area contributed by atoms with Gasteiger partial charge in [0.1, 0.15) is 5.78 Å². The van der Waals surface area contributed by atoms with Gasteiger partial charge in [-0.2, -0.15) is 0 Å². The number of nitro groups is 1. The van der Waals surface area contributed by atoms with Crippen molar-refractivity contribution in [1.82, 2.24) is 0 Å². The maximum Gasteiger partial charge on any atom is 0.219 e. The van der Waals surface area contributed by atoms with E-state index in [9.17, 15) is 14.9 Å². The Morgan fingerprint density at radius 3 is 2.07 bits per heavy atom. The van der Waals surface area contributed by atoms with Crippen LogP contribution < -0.4 is 0 Å². The second kappa shape index (κ2) is 3.58. The minimum atomic E-state index is -0.516. The minimum Gasteiger partial charge on any atom is -0.299 e. The first-order valence-electron chi connectivity index (χ1n) is 5.71. The smallest absolute Gasteiger partial charge is 0.219 e. The molecule has 0 aliphatic heterocycles. The van der Waals surface area contributed by atoms with Crippen LogP contribution in [0.4, 0.5) is 0 Å². The van der Waals surface area contributed by atoms with Crippen molar-refractivity contribution in [2.45, 2.75) is 39.2 Å². The van der Waals surface area contributed by atoms with E-state index in [0.29, 0.717) is 5.78 Å². The fourth-order valence-electron chi connectivity index (χ4n) is 3.50. The van der Waals surface area contributed by atoms with Crippen molar-refractivity contribution in [3.05, 3.63) is 10.1 Å². The van der Waals surface area contributed by atoms with Gasteiger partial charge in [-0.25, -0.2) is 0 Å². The largest absolute Gasteiger partial charge is 0.299 e. The second-order valence-electron chi connectivity index (χ2n) is 5.04. The van der Waals surface area contributed by atoms with Crippen LogP contribution >= 0.6 is 0 Å². The van der Waals surface area contributed by atoms with Crippen LogP contribution in [0.15, 0.2) is 0 Å². The number of hydrogen-bond donors (Lipinski definition) is 0. The summed E-state index contributed by atoms with van der Waals surface area (Å²) in [6.45, 7) is 3.74.